The smallest absolute Gasteiger partial charge is 0.251 e. The van der Waals surface area contributed by atoms with Crippen molar-refractivity contribution >= 4 is 17.7 Å². The van der Waals surface area contributed by atoms with Crippen molar-refractivity contribution in [3.8, 4) is 0 Å². The lowest BCUT2D eigenvalue weighted by molar-refractivity contribution is 0.0949. The van der Waals surface area contributed by atoms with E-state index in [1.54, 1.807) is 0 Å². The summed E-state index contributed by atoms with van der Waals surface area (Å²) in [5, 5.41) is 3.08. The van der Waals surface area contributed by atoms with Gasteiger partial charge in [-0.25, -0.2) is 0 Å². The van der Waals surface area contributed by atoms with Crippen LogP contribution in [-0.2, 0) is 6.42 Å². The van der Waals surface area contributed by atoms with Crippen LogP contribution in [0.5, 0.6) is 0 Å². The molecular formula is C15H22N2OS. The van der Waals surface area contributed by atoms with E-state index in [4.69, 9.17) is 5.73 Å². The molecule has 1 fully saturated rings. The Hall–Kier alpha value is -1.00. The van der Waals surface area contributed by atoms with E-state index < -0.39 is 0 Å². The van der Waals surface area contributed by atoms with Gasteiger partial charge in [-0.3, -0.25) is 4.79 Å². The average molecular weight is 278 g/mol. The van der Waals surface area contributed by atoms with Crippen molar-refractivity contribution in [2.45, 2.75) is 30.9 Å². The molecule has 4 heteroatoms. The highest BCUT2D eigenvalue weighted by Gasteiger charge is 2.29. The lowest BCUT2D eigenvalue weighted by Gasteiger charge is -2.23. The number of thioether (sulfide) groups is 1. The molecule has 0 radical (unpaired) electrons. The fourth-order valence-electron chi connectivity index (χ4n) is 2.45. The summed E-state index contributed by atoms with van der Waals surface area (Å²) in [5.74, 6) is 1.23. The first-order valence-electron chi connectivity index (χ1n) is 6.85. The first-order valence-corrected chi connectivity index (χ1v) is 7.83. The maximum Gasteiger partial charge on any atom is 0.251 e. The van der Waals surface area contributed by atoms with Crippen LogP contribution in [0.1, 0.15) is 35.7 Å². The predicted octanol–water partition coefficient (Wildman–Crippen LogP) is 2.20. The monoisotopic (exact) mass is 278 g/mol. The van der Waals surface area contributed by atoms with Crippen molar-refractivity contribution in [1.82, 2.24) is 5.32 Å². The molecule has 1 aliphatic heterocycles. The first kappa shape index (κ1) is 14.4. The van der Waals surface area contributed by atoms with Crippen molar-refractivity contribution in [3.05, 3.63) is 35.4 Å². The number of hydrogen-bond donors (Lipinski definition) is 2. The van der Waals surface area contributed by atoms with E-state index in [0.717, 1.165) is 24.1 Å². The number of carbonyl (C=O) groups excluding carboxylic acids is 1. The summed E-state index contributed by atoms with van der Waals surface area (Å²) < 4.78 is 0.207. The van der Waals surface area contributed by atoms with Gasteiger partial charge in [-0.1, -0.05) is 18.2 Å². The molecule has 0 saturated carbocycles. The van der Waals surface area contributed by atoms with Crippen molar-refractivity contribution in [2.24, 2.45) is 5.73 Å². The summed E-state index contributed by atoms with van der Waals surface area (Å²) in [6.07, 6.45) is 3.18. The Labute approximate surface area is 119 Å². The summed E-state index contributed by atoms with van der Waals surface area (Å²) in [7, 11) is 0. The minimum atomic E-state index is 0.0257. The molecule has 0 bridgehead atoms. The van der Waals surface area contributed by atoms with Gasteiger partial charge in [0.15, 0.2) is 0 Å². The lowest BCUT2D eigenvalue weighted by Crippen LogP contribution is -2.37. The second kappa shape index (κ2) is 6.44. The van der Waals surface area contributed by atoms with Crippen LogP contribution in [0.25, 0.3) is 0 Å². The molecule has 1 aromatic carbocycles. The first-order chi connectivity index (χ1) is 9.14. The van der Waals surface area contributed by atoms with Crippen molar-refractivity contribution in [3.63, 3.8) is 0 Å². The maximum atomic E-state index is 12.3. The Morgan fingerprint density at radius 3 is 2.95 bits per heavy atom. The number of hydrogen-bond acceptors (Lipinski definition) is 3. The van der Waals surface area contributed by atoms with E-state index in [1.807, 2.05) is 36.0 Å². The van der Waals surface area contributed by atoms with E-state index in [9.17, 15) is 4.79 Å². The molecule has 1 heterocycles. The number of carbonyl (C=O) groups is 1. The standard InChI is InChI=1S/C15H22N2OS/c1-15(8-4-10-19-15)11-17-14(18)13-6-3-2-5-12(13)7-9-16/h2-3,5-6H,4,7-11,16H2,1H3,(H,17,18). The largest absolute Gasteiger partial charge is 0.351 e. The third kappa shape index (κ3) is 3.74. The highest BCUT2D eigenvalue weighted by atomic mass is 32.2. The summed E-state index contributed by atoms with van der Waals surface area (Å²) in [5.41, 5.74) is 7.39. The number of nitrogens with two attached hydrogens (primary N) is 1. The number of rotatable bonds is 5. The van der Waals surface area contributed by atoms with Crippen LogP contribution in [0.2, 0.25) is 0 Å². The van der Waals surface area contributed by atoms with Crippen molar-refractivity contribution in [2.75, 3.05) is 18.8 Å². The third-order valence-corrected chi connectivity index (χ3v) is 5.14. The van der Waals surface area contributed by atoms with E-state index in [1.165, 1.54) is 18.6 Å². The molecule has 0 aliphatic carbocycles. The molecular weight excluding hydrogens is 256 g/mol. The van der Waals surface area contributed by atoms with Crippen LogP contribution in [-0.4, -0.2) is 29.5 Å². The average Bonchev–Trinajstić information content (AvgIpc) is 2.85. The summed E-state index contributed by atoms with van der Waals surface area (Å²) in [6.45, 7) is 3.54. The van der Waals surface area contributed by atoms with Gasteiger partial charge in [0.25, 0.3) is 5.91 Å². The molecule has 104 valence electrons. The van der Waals surface area contributed by atoms with Gasteiger partial charge in [-0.05, 0) is 50.1 Å². The van der Waals surface area contributed by atoms with Gasteiger partial charge in [-0.15, -0.1) is 0 Å². The predicted molar refractivity (Wildman–Crippen MR) is 81.6 cm³/mol. The normalized spacial score (nSPS) is 22.4. The Morgan fingerprint density at radius 2 is 2.26 bits per heavy atom. The van der Waals surface area contributed by atoms with Gasteiger partial charge >= 0.3 is 0 Å². The van der Waals surface area contributed by atoms with Gasteiger partial charge in [0.05, 0.1) is 0 Å². The highest BCUT2D eigenvalue weighted by molar-refractivity contribution is 8.00. The van der Waals surface area contributed by atoms with Gasteiger partial charge in [-0.2, -0.15) is 11.8 Å². The van der Waals surface area contributed by atoms with Gasteiger partial charge in [0, 0.05) is 16.9 Å². The van der Waals surface area contributed by atoms with Crippen molar-refractivity contribution < 1.29 is 4.79 Å². The second-order valence-corrected chi connectivity index (χ2v) is 6.96. The second-order valence-electron chi connectivity index (χ2n) is 5.28. The van der Waals surface area contributed by atoms with E-state index in [-0.39, 0.29) is 10.7 Å². The van der Waals surface area contributed by atoms with E-state index in [0.29, 0.717) is 6.54 Å². The van der Waals surface area contributed by atoms with Crippen LogP contribution in [0.15, 0.2) is 24.3 Å². The van der Waals surface area contributed by atoms with Crippen LogP contribution in [0, 0.1) is 0 Å². The number of nitrogens with one attached hydrogen (secondary N) is 1. The molecule has 19 heavy (non-hydrogen) atoms. The van der Waals surface area contributed by atoms with Crippen LogP contribution < -0.4 is 11.1 Å². The van der Waals surface area contributed by atoms with Gasteiger partial charge in [0.1, 0.15) is 0 Å². The Morgan fingerprint density at radius 1 is 1.47 bits per heavy atom. The molecule has 1 aromatic rings. The SMILES string of the molecule is CC1(CNC(=O)c2ccccc2CCN)CCCS1. The summed E-state index contributed by atoms with van der Waals surface area (Å²) >= 11 is 1.96. The van der Waals surface area contributed by atoms with Crippen molar-refractivity contribution in [1.29, 1.82) is 0 Å². The number of benzene rings is 1. The zero-order chi connectivity index (χ0) is 13.7. The molecule has 1 aliphatic rings. The highest BCUT2D eigenvalue weighted by Crippen LogP contribution is 2.36. The Balaban J connectivity index is 1.99. The Kier molecular flexibility index (Phi) is 4.88. The summed E-state index contributed by atoms with van der Waals surface area (Å²) in [4.78, 5) is 12.3. The summed E-state index contributed by atoms with van der Waals surface area (Å²) in [6, 6.07) is 7.72. The minimum Gasteiger partial charge on any atom is -0.351 e. The van der Waals surface area contributed by atoms with Gasteiger partial charge < -0.3 is 11.1 Å². The molecule has 0 aromatic heterocycles. The topological polar surface area (TPSA) is 55.1 Å². The number of amides is 1. The van der Waals surface area contributed by atoms with E-state index >= 15 is 0 Å². The molecule has 3 nitrogen and oxygen atoms in total. The van der Waals surface area contributed by atoms with E-state index in [2.05, 4.69) is 12.2 Å². The van der Waals surface area contributed by atoms with Crippen LogP contribution in [0.4, 0.5) is 0 Å². The zero-order valence-electron chi connectivity index (χ0n) is 11.4. The molecule has 1 atom stereocenters. The quantitative estimate of drug-likeness (QED) is 0.868. The molecule has 2 rings (SSSR count). The third-order valence-electron chi connectivity index (χ3n) is 3.60. The van der Waals surface area contributed by atoms with Crippen LogP contribution >= 0.6 is 11.8 Å². The molecule has 1 amide bonds. The lowest BCUT2D eigenvalue weighted by atomic mass is 10.0. The van der Waals surface area contributed by atoms with Crippen LogP contribution in [0.3, 0.4) is 0 Å². The maximum absolute atomic E-state index is 12.3. The minimum absolute atomic E-state index is 0.0257. The Bertz CT molecular complexity index is 442. The molecule has 3 N–H and O–H groups in total. The van der Waals surface area contributed by atoms with Gasteiger partial charge in [0.2, 0.25) is 0 Å². The molecule has 1 unspecified atom stereocenters. The fraction of sp³-hybridized carbons (Fsp3) is 0.533. The molecule has 0 spiro atoms. The fourth-order valence-corrected chi connectivity index (χ4v) is 3.70. The zero-order valence-corrected chi connectivity index (χ0v) is 12.3. The molecule has 1 saturated heterocycles.